The number of methoxy groups -OCH3 is 1. The number of nitrogens with zero attached hydrogens (tertiary/aromatic N) is 1. The summed E-state index contributed by atoms with van der Waals surface area (Å²) in [6.45, 7) is 2.24. The summed E-state index contributed by atoms with van der Waals surface area (Å²) >= 11 is 0. The molecule has 0 aromatic heterocycles. The predicted octanol–water partition coefficient (Wildman–Crippen LogP) is 1.78. The van der Waals surface area contributed by atoms with Crippen LogP contribution in [-0.2, 0) is 9.53 Å². The molecule has 2 unspecified atom stereocenters. The average Bonchev–Trinajstić information content (AvgIpc) is 2.73. The van der Waals surface area contributed by atoms with Crippen molar-refractivity contribution < 1.29 is 9.53 Å². The van der Waals surface area contributed by atoms with Crippen LogP contribution in [0.4, 0.5) is 0 Å². The Morgan fingerprint density at radius 1 is 1.37 bits per heavy atom. The normalized spacial score (nSPS) is 31.5. The van der Waals surface area contributed by atoms with E-state index in [-0.39, 0.29) is 11.9 Å². The Kier molecular flexibility index (Phi) is 4.85. The molecule has 2 N–H and O–H groups in total. The summed E-state index contributed by atoms with van der Waals surface area (Å²) in [6, 6.07) is 0. The van der Waals surface area contributed by atoms with Crippen molar-refractivity contribution in [1.29, 1.82) is 0 Å². The fourth-order valence-electron chi connectivity index (χ4n) is 3.55. The van der Waals surface area contributed by atoms with Gasteiger partial charge in [0.05, 0.1) is 7.11 Å². The van der Waals surface area contributed by atoms with E-state index in [0.29, 0.717) is 0 Å². The van der Waals surface area contributed by atoms with E-state index in [1.54, 1.807) is 0 Å². The Balaban J connectivity index is 1.78. The van der Waals surface area contributed by atoms with Gasteiger partial charge in [0.25, 0.3) is 0 Å². The lowest BCUT2D eigenvalue weighted by Gasteiger charge is -2.32. The molecule has 4 heteroatoms. The third kappa shape index (κ3) is 3.29. The van der Waals surface area contributed by atoms with Gasteiger partial charge in [-0.2, -0.15) is 0 Å². The van der Waals surface area contributed by atoms with Crippen LogP contribution in [0.25, 0.3) is 0 Å². The molecule has 2 aliphatic carbocycles. The van der Waals surface area contributed by atoms with Crippen LogP contribution in [0.5, 0.6) is 0 Å². The van der Waals surface area contributed by atoms with Gasteiger partial charge in [-0.15, -0.1) is 0 Å². The Hall–Kier alpha value is -0.610. The molecule has 0 saturated heterocycles. The van der Waals surface area contributed by atoms with E-state index in [9.17, 15) is 4.79 Å². The summed E-state index contributed by atoms with van der Waals surface area (Å²) in [5, 5.41) is 0. The average molecular weight is 268 g/mol. The van der Waals surface area contributed by atoms with Crippen molar-refractivity contribution >= 4 is 5.97 Å². The molecule has 0 spiro atoms. The molecule has 0 amide bonds. The second kappa shape index (κ2) is 6.23. The predicted molar refractivity (Wildman–Crippen MR) is 75.7 cm³/mol. The van der Waals surface area contributed by atoms with E-state index in [1.807, 2.05) is 0 Å². The summed E-state index contributed by atoms with van der Waals surface area (Å²) in [6.07, 6.45) is 8.06. The molecule has 2 aliphatic rings. The molecule has 2 fully saturated rings. The summed E-state index contributed by atoms with van der Waals surface area (Å²) < 4.78 is 4.89. The highest BCUT2D eigenvalue weighted by Crippen LogP contribution is 2.37. The van der Waals surface area contributed by atoms with Gasteiger partial charge in [-0.1, -0.05) is 12.8 Å². The number of hydrogen-bond donors (Lipinski definition) is 1. The van der Waals surface area contributed by atoms with Gasteiger partial charge in [-0.05, 0) is 57.5 Å². The van der Waals surface area contributed by atoms with Gasteiger partial charge < -0.3 is 15.4 Å². The number of carbonyl (C=O) groups excluding carboxylic acids is 1. The third-order valence-electron chi connectivity index (χ3n) is 5.09. The molecular weight excluding hydrogens is 240 g/mol. The molecule has 4 nitrogen and oxygen atoms in total. The number of hydrogen-bond acceptors (Lipinski definition) is 4. The summed E-state index contributed by atoms with van der Waals surface area (Å²) in [4.78, 5) is 14.3. The van der Waals surface area contributed by atoms with Crippen molar-refractivity contribution in [1.82, 2.24) is 4.90 Å². The van der Waals surface area contributed by atoms with Crippen LogP contribution < -0.4 is 5.73 Å². The Labute approximate surface area is 116 Å². The van der Waals surface area contributed by atoms with Crippen molar-refractivity contribution in [3.8, 4) is 0 Å². The van der Waals surface area contributed by atoms with E-state index in [1.165, 1.54) is 32.9 Å². The van der Waals surface area contributed by atoms with E-state index in [2.05, 4.69) is 11.9 Å². The first-order chi connectivity index (χ1) is 9.06. The van der Waals surface area contributed by atoms with Gasteiger partial charge >= 0.3 is 5.97 Å². The number of ether oxygens (including phenoxy) is 1. The summed E-state index contributed by atoms with van der Waals surface area (Å²) in [7, 11) is 3.62. The van der Waals surface area contributed by atoms with Gasteiger partial charge in [0.1, 0.15) is 5.54 Å². The number of nitrogens with two attached hydrogens (primary N) is 1. The van der Waals surface area contributed by atoms with Crippen LogP contribution in [0, 0.1) is 11.8 Å². The van der Waals surface area contributed by atoms with Crippen LogP contribution in [-0.4, -0.2) is 43.7 Å². The first kappa shape index (κ1) is 14.8. The zero-order chi connectivity index (χ0) is 13.9. The van der Waals surface area contributed by atoms with Crippen LogP contribution in [0.3, 0.4) is 0 Å². The lowest BCUT2D eigenvalue weighted by Crippen LogP contribution is -2.52. The van der Waals surface area contributed by atoms with Crippen molar-refractivity contribution in [2.45, 2.75) is 50.5 Å². The highest BCUT2D eigenvalue weighted by molar-refractivity contribution is 5.81. The molecule has 0 aromatic carbocycles. The second-order valence-electron chi connectivity index (χ2n) is 6.47. The van der Waals surface area contributed by atoms with E-state index in [4.69, 9.17) is 10.5 Å². The molecule has 2 saturated carbocycles. The molecule has 0 bridgehead atoms. The Bertz CT molecular complexity index is 317. The van der Waals surface area contributed by atoms with Crippen molar-refractivity contribution in [2.24, 2.45) is 17.6 Å². The fourth-order valence-corrected chi connectivity index (χ4v) is 3.55. The Morgan fingerprint density at radius 2 is 2.11 bits per heavy atom. The third-order valence-corrected chi connectivity index (χ3v) is 5.09. The molecule has 110 valence electrons. The van der Waals surface area contributed by atoms with Gasteiger partial charge in [0.2, 0.25) is 0 Å². The van der Waals surface area contributed by atoms with Crippen LogP contribution >= 0.6 is 0 Å². The van der Waals surface area contributed by atoms with E-state index < -0.39 is 5.54 Å². The van der Waals surface area contributed by atoms with Gasteiger partial charge in [0, 0.05) is 6.54 Å². The van der Waals surface area contributed by atoms with E-state index in [0.717, 1.165) is 38.1 Å². The quantitative estimate of drug-likeness (QED) is 0.746. The fraction of sp³-hybridized carbons (Fsp3) is 0.933. The highest BCUT2D eigenvalue weighted by Gasteiger charge is 2.46. The lowest BCUT2D eigenvalue weighted by atomic mass is 9.84. The van der Waals surface area contributed by atoms with Gasteiger partial charge in [0.15, 0.2) is 0 Å². The zero-order valence-electron chi connectivity index (χ0n) is 12.4. The van der Waals surface area contributed by atoms with E-state index >= 15 is 0 Å². The lowest BCUT2D eigenvalue weighted by molar-refractivity contribution is -0.148. The molecule has 0 radical (unpaired) electrons. The van der Waals surface area contributed by atoms with Crippen LogP contribution in [0.15, 0.2) is 0 Å². The molecule has 2 atom stereocenters. The Morgan fingerprint density at radius 3 is 2.68 bits per heavy atom. The van der Waals surface area contributed by atoms with Crippen LogP contribution in [0.2, 0.25) is 0 Å². The van der Waals surface area contributed by atoms with Crippen molar-refractivity contribution in [2.75, 3.05) is 27.2 Å². The summed E-state index contributed by atoms with van der Waals surface area (Å²) in [5.41, 5.74) is 5.56. The standard InChI is InChI=1S/C15H28N2O2/c1-17(11-12-5-3-6-12)10-8-13-7-4-9-15(13,16)14(18)19-2/h12-13H,3-11,16H2,1-2H3. The minimum absolute atomic E-state index is 0.225. The largest absolute Gasteiger partial charge is 0.468 e. The minimum atomic E-state index is -0.730. The van der Waals surface area contributed by atoms with Crippen molar-refractivity contribution in [3.05, 3.63) is 0 Å². The summed E-state index contributed by atoms with van der Waals surface area (Å²) in [5.74, 6) is 0.956. The molecule has 2 rings (SSSR count). The smallest absolute Gasteiger partial charge is 0.326 e. The molecule has 19 heavy (non-hydrogen) atoms. The monoisotopic (exact) mass is 268 g/mol. The molecule has 0 aromatic rings. The number of esters is 1. The topological polar surface area (TPSA) is 55.6 Å². The van der Waals surface area contributed by atoms with Crippen LogP contribution in [0.1, 0.15) is 44.9 Å². The first-order valence-corrected chi connectivity index (χ1v) is 7.62. The SMILES string of the molecule is COC(=O)C1(N)CCCC1CCN(C)CC1CCC1. The molecule has 0 aliphatic heterocycles. The van der Waals surface area contributed by atoms with Gasteiger partial charge in [-0.25, -0.2) is 0 Å². The number of rotatable bonds is 6. The molecular formula is C15H28N2O2. The maximum Gasteiger partial charge on any atom is 0.326 e. The maximum absolute atomic E-state index is 11.9. The number of carbonyl (C=O) groups is 1. The minimum Gasteiger partial charge on any atom is -0.468 e. The maximum atomic E-state index is 11.9. The second-order valence-corrected chi connectivity index (χ2v) is 6.47. The van der Waals surface area contributed by atoms with Gasteiger partial charge in [-0.3, -0.25) is 4.79 Å². The zero-order valence-corrected chi connectivity index (χ0v) is 12.4. The first-order valence-electron chi connectivity index (χ1n) is 7.62. The highest BCUT2D eigenvalue weighted by atomic mass is 16.5. The molecule has 0 heterocycles. The van der Waals surface area contributed by atoms with Crippen molar-refractivity contribution in [3.63, 3.8) is 0 Å².